The smallest absolute Gasteiger partial charge is 0.318 e. The summed E-state index contributed by atoms with van der Waals surface area (Å²) in [5.41, 5.74) is 5.96. The highest BCUT2D eigenvalue weighted by Gasteiger charge is 2.51. The largest absolute Gasteiger partial charge is 0.424 e. The van der Waals surface area contributed by atoms with Gasteiger partial charge in [-0.1, -0.05) is 17.7 Å². The molecule has 1 aromatic rings. The van der Waals surface area contributed by atoms with E-state index in [2.05, 4.69) is 43.3 Å². The van der Waals surface area contributed by atoms with E-state index < -0.39 is 5.72 Å². The van der Waals surface area contributed by atoms with Crippen LogP contribution in [-0.4, -0.2) is 36.3 Å². The van der Waals surface area contributed by atoms with E-state index in [4.69, 9.17) is 14.6 Å². The lowest BCUT2D eigenvalue weighted by atomic mass is 9.81. The number of hydrogen-bond donors (Lipinski definition) is 1. The second-order valence-electron chi connectivity index (χ2n) is 6.85. The van der Waals surface area contributed by atoms with Crippen LogP contribution < -0.4 is 10.2 Å². The number of aliphatic imine (C=N–C) groups is 1. The van der Waals surface area contributed by atoms with Gasteiger partial charge in [0.15, 0.2) is 0 Å². The zero-order chi connectivity index (χ0) is 15.3. The van der Waals surface area contributed by atoms with Gasteiger partial charge in [-0.25, -0.2) is 10.3 Å². The Morgan fingerprint density at radius 2 is 1.91 bits per heavy atom. The van der Waals surface area contributed by atoms with Gasteiger partial charge in [0, 0.05) is 5.92 Å². The molecule has 5 rings (SSSR count). The molecule has 4 heterocycles. The van der Waals surface area contributed by atoms with Gasteiger partial charge in [-0.05, 0) is 57.8 Å². The minimum absolute atomic E-state index is 0.446. The Morgan fingerprint density at radius 1 is 1.23 bits per heavy atom. The number of ether oxygens (including phenoxy) is 1. The summed E-state index contributed by atoms with van der Waals surface area (Å²) in [4.78, 5) is 13.1. The van der Waals surface area contributed by atoms with Crippen LogP contribution in [0.4, 0.5) is 0 Å². The van der Waals surface area contributed by atoms with Crippen molar-refractivity contribution in [3.8, 4) is 5.75 Å². The lowest BCUT2D eigenvalue weighted by Crippen LogP contribution is -2.58. The fourth-order valence-electron chi connectivity index (χ4n) is 4.05. The number of benzene rings is 1. The Balaban J connectivity index is 1.59. The molecule has 1 aromatic carbocycles. The number of nitrogens with one attached hydrogen (secondary N) is 1. The van der Waals surface area contributed by atoms with Crippen LogP contribution in [0.3, 0.4) is 0 Å². The highest BCUT2D eigenvalue weighted by atomic mass is 16.7. The predicted octanol–water partition coefficient (Wildman–Crippen LogP) is 2.30. The van der Waals surface area contributed by atoms with Gasteiger partial charge < -0.3 is 4.74 Å². The average molecular weight is 301 g/mol. The number of rotatable bonds is 1. The van der Waals surface area contributed by atoms with Crippen LogP contribution in [0.5, 0.6) is 5.75 Å². The van der Waals surface area contributed by atoms with Gasteiger partial charge in [0.2, 0.25) is 5.72 Å². The Morgan fingerprint density at radius 3 is 2.50 bits per heavy atom. The molecule has 0 aromatic heterocycles. The minimum Gasteiger partial charge on any atom is -0.424 e. The summed E-state index contributed by atoms with van der Waals surface area (Å²) in [6.07, 6.45) is 2.31. The summed E-state index contributed by atoms with van der Waals surface area (Å²) in [5, 5.41) is 0. The third kappa shape index (κ3) is 2.20. The molecule has 1 N–H and O–H groups in total. The molecule has 0 saturated carbocycles. The third-order valence-electron chi connectivity index (χ3n) is 5.08. The Bertz CT molecular complexity index is 612. The van der Waals surface area contributed by atoms with Crippen LogP contribution in [-0.2, 0) is 4.84 Å². The summed E-state index contributed by atoms with van der Waals surface area (Å²) in [6, 6.07) is 4.75. The van der Waals surface area contributed by atoms with Gasteiger partial charge in [-0.2, -0.15) is 4.99 Å². The number of fused-ring (bicyclic) bond motifs is 2. The van der Waals surface area contributed by atoms with E-state index in [1.54, 1.807) is 0 Å². The van der Waals surface area contributed by atoms with Crippen LogP contribution in [0, 0.1) is 26.7 Å². The SMILES string of the molecule is Cc1cc(C)c(OC2=NC3(CN4CCC3CC4)ON2)c(C)c1. The molecule has 118 valence electrons. The van der Waals surface area contributed by atoms with E-state index in [1.165, 1.54) is 5.56 Å². The van der Waals surface area contributed by atoms with Crippen LogP contribution in [0.15, 0.2) is 17.1 Å². The molecule has 0 amide bonds. The number of piperidine rings is 3. The molecule has 22 heavy (non-hydrogen) atoms. The first kappa shape index (κ1) is 14.0. The number of hydroxylamine groups is 1. The fraction of sp³-hybridized carbons (Fsp3) is 0.588. The Labute approximate surface area is 131 Å². The van der Waals surface area contributed by atoms with Crippen molar-refractivity contribution in [1.82, 2.24) is 10.4 Å². The molecule has 0 aliphatic carbocycles. The molecule has 5 nitrogen and oxygen atoms in total. The first-order chi connectivity index (χ1) is 10.6. The van der Waals surface area contributed by atoms with E-state index in [9.17, 15) is 0 Å². The maximum absolute atomic E-state index is 6.02. The van der Waals surface area contributed by atoms with Crippen molar-refractivity contribution >= 4 is 6.02 Å². The molecule has 2 bridgehead atoms. The highest BCUT2D eigenvalue weighted by Crippen LogP contribution is 2.40. The molecule has 1 atom stereocenters. The van der Waals surface area contributed by atoms with Gasteiger partial charge in [0.05, 0.1) is 6.54 Å². The maximum atomic E-state index is 6.02. The standard InChI is InChI=1S/C17H23N3O2/c1-11-8-12(2)15(13(3)9-11)21-16-18-17(22-19-16)10-20-6-4-14(17)5-7-20/h8-9,14H,4-7,10H2,1-3H3,(H,18,19). The van der Waals surface area contributed by atoms with E-state index in [1.807, 2.05) is 0 Å². The molecule has 3 fully saturated rings. The summed E-state index contributed by atoms with van der Waals surface area (Å²) >= 11 is 0. The molecule has 1 spiro atoms. The highest BCUT2D eigenvalue weighted by molar-refractivity contribution is 5.77. The predicted molar refractivity (Wildman–Crippen MR) is 84.8 cm³/mol. The number of amidine groups is 1. The summed E-state index contributed by atoms with van der Waals surface area (Å²) in [6.45, 7) is 9.42. The molecule has 4 aliphatic rings. The van der Waals surface area contributed by atoms with E-state index in [0.29, 0.717) is 11.9 Å². The lowest BCUT2D eigenvalue weighted by Gasteiger charge is -2.47. The fourth-order valence-corrected chi connectivity index (χ4v) is 4.05. The molecule has 4 aliphatic heterocycles. The molecule has 3 saturated heterocycles. The van der Waals surface area contributed by atoms with Crippen molar-refractivity contribution in [1.29, 1.82) is 0 Å². The molecule has 1 unspecified atom stereocenters. The van der Waals surface area contributed by atoms with E-state index in [0.717, 1.165) is 49.4 Å². The third-order valence-corrected chi connectivity index (χ3v) is 5.08. The zero-order valence-electron chi connectivity index (χ0n) is 13.5. The van der Waals surface area contributed by atoms with Gasteiger partial charge in [-0.3, -0.25) is 4.90 Å². The Kier molecular flexibility index (Phi) is 3.16. The van der Waals surface area contributed by atoms with Crippen molar-refractivity contribution in [2.75, 3.05) is 19.6 Å². The van der Waals surface area contributed by atoms with Gasteiger partial charge in [0.1, 0.15) is 5.75 Å². The maximum Gasteiger partial charge on any atom is 0.318 e. The zero-order valence-corrected chi connectivity index (χ0v) is 13.5. The van der Waals surface area contributed by atoms with Crippen molar-refractivity contribution in [3.05, 3.63) is 28.8 Å². The van der Waals surface area contributed by atoms with Crippen molar-refractivity contribution in [3.63, 3.8) is 0 Å². The normalized spacial score (nSPS) is 33.0. The summed E-state index contributed by atoms with van der Waals surface area (Å²) < 4.78 is 6.02. The van der Waals surface area contributed by atoms with Crippen molar-refractivity contribution < 1.29 is 9.57 Å². The first-order valence-corrected chi connectivity index (χ1v) is 8.08. The summed E-state index contributed by atoms with van der Waals surface area (Å²) in [5.74, 6) is 1.37. The van der Waals surface area contributed by atoms with Gasteiger partial charge in [-0.15, -0.1) is 0 Å². The quantitative estimate of drug-likeness (QED) is 0.864. The van der Waals surface area contributed by atoms with Crippen molar-refractivity contribution in [2.24, 2.45) is 10.9 Å². The second kappa shape index (κ2) is 4.96. The monoisotopic (exact) mass is 301 g/mol. The summed E-state index contributed by atoms with van der Waals surface area (Å²) in [7, 11) is 0. The van der Waals surface area contributed by atoms with Crippen molar-refractivity contribution in [2.45, 2.75) is 39.3 Å². The van der Waals surface area contributed by atoms with E-state index >= 15 is 0 Å². The van der Waals surface area contributed by atoms with Crippen LogP contribution in [0.25, 0.3) is 0 Å². The van der Waals surface area contributed by atoms with Crippen LogP contribution in [0.1, 0.15) is 29.5 Å². The molecule has 0 radical (unpaired) electrons. The second-order valence-corrected chi connectivity index (χ2v) is 6.85. The first-order valence-electron chi connectivity index (χ1n) is 8.08. The average Bonchev–Trinajstić information content (AvgIpc) is 2.87. The number of nitrogens with zero attached hydrogens (tertiary/aromatic N) is 2. The van der Waals surface area contributed by atoms with Crippen LogP contribution in [0.2, 0.25) is 0 Å². The molecule has 5 heteroatoms. The lowest BCUT2D eigenvalue weighted by molar-refractivity contribution is -0.155. The molecular formula is C17H23N3O2. The number of hydrogen-bond acceptors (Lipinski definition) is 5. The van der Waals surface area contributed by atoms with Gasteiger partial charge >= 0.3 is 6.02 Å². The van der Waals surface area contributed by atoms with Gasteiger partial charge in [0.25, 0.3) is 0 Å². The minimum atomic E-state index is -0.446. The topological polar surface area (TPSA) is 46.1 Å². The molecular weight excluding hydrogens is 278 g/mol. The Hall–Kier alpha value is -1.59. The van der Waals surface area contributed by atoms with Crippen LogP contribution >= 0.6 is 0 Å². The van der Waals surface area contributed by atoms with E-state index in [-0.39, 0.29) is 0 Å². The number of aryl methyl sites for hydroxylation is 3.